The zero-order valence-electron chi connectivity index (χ0n) is 25.6. The molecule has 13 nitrogen and oxygen atoms in total. The standard InChI is InChI=1S/C32H32FN9O4/c1-20-15-22(8-10-41(20)28(43)5-4-12-45-14-13-44-3)31-34-17-25-30(40-31)32(37-18-35-25)39-24-6-7-26(21(2)29(24)33)46-23-9-11-42-27(16-23)36-19-38-42/h4-7,9,11,15-20H,8,10,12-14H2,1-3H3,(H,35,37,39)/b5-4+/t20-/m0/s1. The smallest absolute Gasteiger partial charge is 0.246 e. The minimum absolute atomic E-state index is 0.0948. The average Bonchev–Trinajstić information content (AvgIpc) is 3.54. The van der Waals surface area contributed by atoms with E-state index in [1.807, 2.05) is 13.0 Å². The molecule has 6 rings (SSSR count). The summed E-state index contributed by atoms with van der Waals surface area (Å²) >= 11 is 0. The number of halogens is 1. The molecule has 0 fully saturated rings. The number of hydrogen-bond donors (Lipinski definition) is 1. The molecule has 236 valence electrons. The van der Waals surface area contributed by atoms with Gasteiger partial charge in [-0.3, -0.25) is 4.79 Å². The fraction of sp³-hybridized carbons (Fsp3) is 0.281. The number of fused-ring (bicyclic) bond motifs is 2. The van der Waals surface area contributed by atoms with Gasteiger partial charge in [-0.15, -0.1) is 0 Å². The molecule has 1 atom stereocenters. The van der Waals surface area contributed by atoms with Gasteiger partial charge in [0.15, 0.2) is 23.1 Å². The number of nitrogens with one attached hydrogen (secondary N) is 1. The Hall–Kier alpha value is -5.34. The molecule has 0 spiro atoms. The van der Waals surface area contributed by atoms with Crippen LogP contribution in [0, 0.1) is 12.7 Å². The van der Waals surface area contributed by atoms with Crippen LogP contribution < -0.4 is 10.1 Å². The minimum Gasteiger partial charge on any atom is -0.457 e. The summed E-state index contributed by atoms with van der Waals surface area (Å²) in [6.07, 6.45) is 11.9. The molecule has 5 heterocycles. The van der Waals surface area contributed by atoms with Crippen LogP contribution in [0.5, 0.6) is 11.5 Å². The Labute approximate surface area is 263 Å². The molecule has 1 amide bonds. The first-order chi connectivity index (χ1) is 22.4. The number of nitrogens with zero attached hydrogens (tertiary/aromatic N) is 8. The third-order valence-electron chi connectivity index (χ3n) is 7.48. The monoisotopic (exact) mass is 625 g/mol. The molecule has 1 aliphatic rings. The number of methoxy groups -OCH3 is 1. The molecular formula is C32H32FN9O4. The molecule has 1 aliphatic heterocycles. The van der Waals surface area contributed by atoms with Crippen LogP contribution >= 0.6 is 0 Å². The van der Waals surface area contributed by atoms with Crippen molar-refractivity contribution in [3.05, 3.63) is 84.7 Å². The van der Waals surface area contributed by atoms with Gasteiger partial charge in [-0.25, -0.2) is 33.8 Å². The number of benzene rings is 1. The number of anilines is 2. The highest BCUT2D eigenvalue weighted by Gasteiger charge is 2.24. The average molecular weight is 626 g/mol. The van der Waals surface area contributed by atoms with E-state index < -0.39 is 5.82 Å². The first kappa shape index (κ1) is 30.7. The van der Waals surface area contributed by atoms with Crippen LogP contribution in [-0.2, 0) is 14.3 Å². The van der Waals surface area contributed by atoms with Crippen LogP contribution in [0.1, 0.15) is 24.7 Å². The summed E-state index contributed by atoms with van der Waals surface area (Å²) in [5.74, 6) is 1.11. The zero-order chi connectivity index (χ0) is 32.0. The number of amides is 1. The van der Waals surface area contributed by atoms with Crippen molar-refractivity contribution in [2.45, 2.75) is 26.3 Å². The Morgan fingerprint density at radius 3 is 2.89 bits per heavy atom. The molecule has 0 saturated heterocycles. The molecule has 46 heavy (non-hydrogen) atoms. The number of pyridine rings is 1. The van der Waals surface area contributed by atoms with Gasteiger partial charge in [-0.2, -0.15) is 5.10 Å². The van der Waals surface area contributed by atoms with Crippen molar-refractivity contribution in [2.75, 3.05) is 38.8 Å². The van der Waals surface area contributed by atoms with Crippen LogP contribution in [0.4, 0.5) is 15.9 Å². The fourth-order valence-corrected chi connectivity index (χ4v) is 5.03. The van der Waals surface area contributed by atoms with Crippen molar-refractivity contribution >= 4 is 39.7 Å². The molecule has 1 aromatic carbocycles. The molecule has 14 heteroatoms. The van der Waals surface area contributed by atoms with Crippen molar-refractivity contribution in [2.24, 2.45) is 0 Å². The first-order valence-electron chi connectivity index (χ1n) is 14.7. The Bertz CT molecular complexity index is 1940. The summed E-state index contributed by atoms with van der Waals surface area (Å²) in [5, 5.41) is 7.14. The van der Waals surface area contributed by atoms with E-state index in [0.29, 0.717) is 78.2 Å². The van der Waals surface area contributed by atoms with E-state index in [4.69, 9.17) is 19.2 Å². The number of rotatable bonds is 11. The maximum absolute atomic E-state index is 15.6. The van der Waals surface area contributed by atoms with Crippen LogP contribution in [0.25, 0.3) is 22.3 Å². The predicted octanol–water partition coefficient (Wildman–Crippen LogP) is 4.67. The first-order valence-corrected chi connectivity index (χ1v) is 14.7. The topological polar surface area (TPSA) is 142 Å². The molecule has 5 aromatic rings. The lowest BCUT2D eigenvalue weighted by Crippen LogP contribution is -2.40. The number of carbonyl (C=O) groups is 1. The van der Waals surface area contributed by atoms with Gasteiger partial charge in [0.2, 0.25) is 5.91 Å². The fourth-order valence-electron chi connectivity index (χ4n) is 5.03. The Kier molecular flexibility index (Phi) is 9.17. The lowest BCUT2D eigenvalue weighted by Gasteiger charge is -2.31. The van der Waals surface area contributed by atoms with E-state index in [1.165, 1.54) is 18.7 Å². The Morgan fingerprint density at radius 2 is 2.04 bits per heavy atom. The summed E-state index contributed by atoms with van der Waals surface area (Å²) in [6, 6.07) is 6.55. The van der Waals surface area contributed by atoms with E-state index in [0.717, 1.165) is 5.57 Å². The minimum atomic E-state index is -0.494. The maximum atomic E-state index is 15.6. The maximum Gasteiger partial charge on any atom is 0.246 e. The highest BCUT2D eigenvalue weighted by atomic mass is 19.1. The van der Waals surface area contributed by atoms with Crippen LogP contribution in [-0.4, -0.2) is 84.9 Å². The van der Waals surface area contributed by atoms with Crippen molar-refractivity contribution < 1.29 is 23.4 Å². The van der Waals surface area contributed by atoms with Crippen molar-refractivity contribution in [1.82, 2.24) is 39.4 Å². The molecule has 4 aromatic heterocycles. The third kappa shape index (κ3) is 6.67. The van der Waals surface area contributed by atoms with Crippen LogP contribution in [0.3, 0.4) is 0 Å². The highest BCUT2D eigenvalue weighted by molar-refractivity contribution is 5.89. The van der Waals surface area contributed by atoms with Crippen molar-refractivity contribution in [3.8, 4) is 11.5 Å². The van der Waals surface area contributed by atoms with Gasteiger partial charge in [0.05, 0.1) is 31.7 Å². The summed E-state index contributed by atoms with van der Waals surface area (Å²) in [5.41, 5.74) is 2.97. The second-order valence-corrected chi connectivity index (χ2v) is 10.5. The summed E-state index contributed by atoms with van der Waals surface area (Å²) in [4.78, 5) is 36.6. The zero-order valence-corrected chi connectivity index (χ0v) is 25.6. The number of aromatic nitrogens is 7. The number of hydrogen-bond acceptors (Lipinski definition) is 11. The second kappa shape index (κ2) is 13.7. The van der Waals surface area contributed by atoms with E-state index in [2.05, 4.69) is 30.4 Å². The van der Waals surface area contributed by atoms with Gasteiger partial charge in [-0.1, -0.05) is 12.2 Å². The van der Waals surface area contributed by atoms with Gasteiger partial charge in [-0.05, 0) is 44.0 Å². The van der Waals surface area contributed by atoms with Gasteiger partial charge >= 0.3 is 0 Å². The van der Waals surface area contributed by atoms with Gasteiger partial charge in [0.1, 0.15) is 35.2 Å². The predicted molar refractivity (Wildman–Crippen MR) is 168 cm³/mol. The van der Waals surface area contributed by atoms with Crippen molar-refractivity contribution in [1.29, 1.82) is 0 Å². The van der Waals surface area contributed by atoms with E-state index in [9.17, 15) is 4.79 Å². The summed E-state index contributed by atoms with van der Waals surface area (Å²) in [7, 11) is 1.61. The third-order valence-corrected chi connectivity index (χ3v) is 7.48. The normalized spacial score (nSPS) is 15.1. The molecular weight excluding hydrogens is 593 g/mol. The quantitative estimate of drug-likeness (QED) is 0.162. The van der Waals surface area contributed by atoms with Crippen LogP contribution in [0.2, 0.25) is 0 Å². The summed E-state index contributed by atoms with van der Waals surface area (Å²) in [6.45, 7) is 5.40. The van der Waals surface area contributed by atoms with Crippen molar-refractivity contribution in [3.63, 3.8) is 0 Å². The van der Waals surface area contributed by atoms with Gasteiger partial charge < -0.3 is 24.4 Å². The van der Waals surface area contributed by atoms with Crippen LogP contribution in [0.15, 0.2) is 67.5 Å². The van der Waals surface area contributed by atoms with E-state index in [-0.39, 0.29) is 17.6 Å². The lowest BCUT2D eigenvalue weighted by molar-refractivity contribution is -0.127. The Balaban J connectivity index is 1.18. The highest BCUT2D eigenvalue weighted by Crippen LogP contribution is 2.33. The second-order valence-electron chi connectivity index (χ2n) is 10.5. The molecule has 0 radical (unpaired) electrons. The lowest BCUT2D eigenvalue weighted by atomic mass is 10.0. The molecule has 0 aliphatic carbocycles. The van der Waals surface area contributed by atoms with E-state index >= 15 is 4.39 Å². The SMILES string of the molecule is COCCOC/C=C/C(=O)N1CCC(c2ncc3ncnc(Nc4ccc(Oc5ccn6ncnc6c5)c(C)c4F)c3n2)=C[C@@H]1C. The number of carbonyl (C=O) groups excluding carboxylic acids is 1. The Morgan fingerprint density at radius 1 is 1.15 bits per heavy atom. The largest absolute Gasteiger partial charge is 0.457 e. The number of ether oxygens (including phenoxy) is 3. The van der Waals surface area contributed by atoms with Gasteiger partial charge in [0.25, 0.3) is 0 Å². The molecule has 0 saturated carbocycles. The molecule has 0 unspecified atom stereocenters. The summed E-state index contributed by atoms with van der Waals surface area (Å²) < 4.78 is 33.5. The molecule has 1 N–H and O–H groups in total. The van der Waals surface area contributed by atoms with E-state index in [1.54, 1.807) is 66.2 Å². The molecule has 0 bridgehead atoms. The van der Waals surface area contributed by atoms with Gasteiger partial charge in [0, 0.05) is 43.6 Å².